The van der Waals surface area contributed by atoms with Crippen molar-refractivity contribution in [1.29, 1.82) is 0 Å². The molecule has 0 spiro atoms. The standard InChI is InChI=1S/C15H21N5O/c1-9(2)13-5-11(6-14(16-4)19-13)15(21)17-7-12-8-18-20-10(12)3/h5-6,8-9H,7H2,1-4H3,(H,16,19)(H,17,21)(H,18,20). The minimum atomic E-state index is -0.114. The van der Waals surface area contributed by atoms with E-state index in [2.05, 4.69) is 39.7 Å². The highest BCUT2D eigenvalue weighted by atomic mass is 16.1. The predicted molar refractivity (Wildman–Crippen MR) is 82.4 cm³/mol. The average molecular weight is 287 g/mol. The van der Waals surface area contributed by atoms with E-state index in [1.807, 2.05) is 13.0 Å². The third kappa shape index (κ3) is 3.59. The van der Waals surface area contributed by atoms with Gasteiger partial charge < -0.3 is 10.6 Å². The average Bonchev–Trinajstić information content (AvgIpc) is 2.89. The summed E-state index contributed by atoms with van der Waals surface area (Å²) in [6.07, 6.45) is 1.72. The van der Waals surface area contributed by atoms with Gasteiger partial charge >= 0.3 is 0 Å². The largest absolute Gasteiger partial charge is 0.373 e. The third-order valence-electron chi connectivity index (χ3n) is 3.33. The molecular formula is C15H21N5O. The first-order valence-electron chi connectivity index (χ1n) is 6.98. The zero-order chi connectivity index (χ0) is 15.4. The number of nitrogens with one attached hydrogen (secondary N) is 3. The van der Waals surface area contributed by atoms with Crippen LogP contribution in [0.25, 0.3) is 0 Å². The Bertz CT molecular complexity index is 633. The number of anilines is 1. The van der Waals surface area contributed by atoms with Crippen LogP contribution in [-0.4, -0.2) is 28.1 Å². The Morgan fingerprint density at radius 2 is 2.14 bits per heavy atom. The first-order valence-corrected chi connectivity index (χ1v) is 6.98. The Labute approximate surface area is 124 Å². The molecule has 0 saturated carbocycles. The van der Waals surface area contributed by atoms with Crippen LogP contribution in [0, 0.1) is 6.92 Å². The first kappa shape index (κ1) is 15.0. The number of aromatic amines is 1. The molecule has 0 aliphatic carbocycles. The van der Waals surface area contributed by atoms with Gasteiger partial charge in [0.15, 0.2) is 0 Å². The Morgan fingerprint density at radius 3 is 2.71 bits per heavy atom. The second-order valence-corrected chi connectivity index (χ2v) is 5.27. The molecular weight excluding hydrogens is 266 g/mol. The molecule has 0 aliphatic heterocycles. The van der Waals surface area contributed by atoms with Gasteiger partial charge in [0.1, 0.15) is 5.82 Å². The molecule has 3 N–H and O–H groups in total. The van der Waals surface area contributed by atoms with Crippen molar-refractivity contribution in [2.24, 2.45) is 0 Å². The molecule has 1 amide bonds. The van der Waals surface area contributed by atoms with Crippen molar-refractivity contribution in [3.05, 3.63) is 40.8 Å². The zero-order valence-electron chi connectivity index (χ0n) is 12.8. The summed E-state index contributed by atoms with van der Waals surface area (Å²) in [5.41, 5.74) is 3.45. The van der Waals surface area contributed by atoms with E-state index in [1.165, 1.54) is 0 Å². The van der Waals surface area contributed by atoms with E-state index in [1.54, 1.807) is 19.3 Å². The molecule has 0 radical (unpaired) electrons. The van der Waals surface area contributed by atoms with Crippen molar-refractivity contribution in [3.63, 3.8) is 0 Å². The number of amides is 1. The van der Waals surface area contributed by atoms with Crippen LogP contribution in [0.4, 0.5) is 5.82 Å². The molecule has 21 heavy (non-hydrogen) atoms. The van der Waals surface area contributed by atoms with Gasteiger partial charge in [0.05, 0.1) is 6.20 Å². The lowest BCUT2D eigenvalue weighted by atomic mass is 10.1. The maximum atomic E-state index is 12.3. The maximum absolute atomic E-state index is 12.3. The van der Waals surface area contributed by atoms with Gasteiger partial charge in [-0.15, -0.1) is 0 Å². The van der Waals surface area contributed by atoms with E-state index in [4.69, 9.17) is 0 Å². The highest BCUT2D eigenvalue weighted by molar-refractivity contribution is 5.95. The molecule has 2 aromatic heterocycles. The SMILES string of the molecule is CNc1cc(C(=O)NCc2cn[nH]c2C)cc(C(C)C)n1. The van der Waals surface area contributed by atoms with E-state index in [-0.39, 0.29) is 11.8 Å². The molecule has 0 unspecified atom stereocenters. The Morgan fingerprint density at radius 1 is 1.38 bits per heavy atom. The normalized spacial score (nSPS) is 10.7. The lowest BCUT2D eigenvalue weighted by molar-refractivity contribution is 0.0950. The van der Waals surface area contributed by atoms with Gasteiger partial charge in [0, 0.05) is 36.1 Å². The fourth-order valence-electron chi connectivity index (χ4n) is 1.94. The number of hydrogen-bond donors (Lipinski definition) is 3. The number of carbonyl (C=O) groups is 1. The van der Waals surface area contributed by atoms with Gasteiger partial charge in [-0.3, -0.25) is 9.89 Å². The molecule has 6 nitrogen and oxygen atoms in total. The fourth-order valence-corrected chi connectivity index (χ4v) is 1.94. The van der Waals surface area contributed by atoms with Crippen molar-refractivity contribution in [1.82, 2.24) is 20.5 Å². The summed E-state index contributed by atoms with van der Waals surface area (Å²) in [4.78, 5) is 16.7. The zero-order valence-corrected chi connectivity index (χ0v) is 12.8. The van der Waals surface area contributed by atoms with Crippen molar-refractivity contribution in [2.45, 2.75) is 33.2 Å². The lowest BCUT2D eigenvalue weighted by Gasteiger charge is -2.11. The highest BCUT2D eigenvalue weighted by Crippen LogP contribution is 2.17. The van der Waals surface area contributed by atoms with Crippen LogP contribution in [0.15, 0.2) is 18.3 Å². The van der Waals surface area contributed by atoms with Crippen LogP contribution in [0.3, 0.4) is 0 Å². The van der Waals surface area contributed by atoms with Gasteiger partial charge in [-0.1, -0.05) is 13.8 Å². The van der Waals surface area contributed by atoms with Crippen LogP contribution in [0.2, 0.25) is 0 Å². The summed E-state index contributed by atoms with van der Waals surface area (Å²) in [6, 6.07) is 3.59. The summed E-state index contributed by atoms with van der Waals surface area (Å²) in [7, 11) is 1.79. The number of aryl methyl sites for hydroxylation is 1. The molecule has 6 heteroatoms. The van der Waals surface area contributed by atoms with Crippen LogP contribution in [0.5, 0.6) is 0 Å². The lowest BCUT2D eigenvalue weighted by Crippen LogP contribution is -2.23. The van der Waals surface area contributed by atoms with Crippen molar-refractivity contribution >= 4 is 11.7 Å². The highest BCUT2D eigenvalue weighted by Gasteiger charge is 2.12. The monoisotopic (exact) mass is 287 g/mol. The quantitative estimate of drug-likeness (QED) is 0.787. The minimum absolute atomic E-state index is 0.114. The van der Waals surface area contributed by atoms with Crippen LogP contribution in [0.1, 0.15) is 47.1 Å². The summed E-state index contributed by atoms with van der Waals surface area (Å²) in [6.45, 7) is 6.49. The topological polar surface area (TPSA) is 82.7 Å². The van der Waals surface area contributed by atoms with E-state index in [0.717, 1.165) is 17.0 Å². The maximum Gasteiger partial charge on any atom is 0.251 e. The molecule has 0 saturated heterocycles. The van der Waals surface area contributed by atoms with Crippen molar-refractivity contribution in [3.8, 4) is 0 Å². The third-order valence-corrected chi connectivity index (χ3v) is 3.33. The van der Waals surface area contributed by atoms with Gasteiger partial charge in [0.25, 0.3) is 5.91 Å². The summed E-state index contributed by atoms with van der Waals surface area (Å²) < 4.78 is 0. The molecule has 2 rings (SSSR count). The van der Waals surface area contributed by atoms with Gasteiger partial charge in [-0.25, -0.2) is 4.98 Å². The minimum Gasteiger partial charge on any atom is -0.373 e. The van der Waals surface area contributed by atoms with Crippen LogP contribution < -0.4 is 10.6 Å². The summed E-state index contributed by atoms with van der Waals surface area (Å²) >= 11 is 0. The molecule has 2 heterocycles. The Hall–Kier alpha value is -2.37. The van der Waals surface area contributed by atoms with Crippen LogP contribution in [-0.2, 0) is 6.54 Å². The van der Waals surface area contributed by atoms with Crippen molar-refractivity contribution in [2.75, 3.05) is 12.4 Å². The summed E-state index contributed by atoms with van der Waals surface area (Å²) in [5, 5.41) is 12.7. The van der Waals surface area contributed by atoms with E-state index >= 15 is 0 Å². The van der Waals surface area contributed by atoms with E-state index in [0.29, 0.717) is 17.9 Å². The second-order valence-electron chi connectivity index (χ2n) is 5.27. The van der Waals surface area contributed by atoms with Crippen LogP contribution >= 0.6 is 0 Å². The summed E-state index contributed by atoms with van der Waals surface area (Å²) in [5.74, 6) is 0.850. The van der Waals surface area contributed by atoms with E-state index < -0.39 is 0 Å². The number of pyridine rings is 1. The number of aromatic nitrogens is 3. The molecule has 2 aromatic rings. The Kier molecular flexibility index (Phi) is 4.57. The van der Waals surface area contributed by atoms with Gasteiger partial charge in [-0.2, -0.15) is 5.10 Å². The number of nitrogens with zero attached hydrogens (tertiary/aromatic N) is 2. The number of rotatable bonds is 5. The number of H-pyrrole nitrogens is 1. The predicted octanol–water partition coefficient (Wildman–Crippen LogP) is 2.21. The van der Waals surface area contributed by atoms with Crippen molar-refractivity contribution < 1.29 is 4.79 Å². The molecule has 0 aliphatic rings. The first-order chi connectivity index (χ1) is 10.0. The molecule has 0 atom stereocenters. The number of carbonyl (C=O) groups excluding carboxylic acids is 1. The van der Waals surface area contributed by atoms with Gasteiger partial charge in [0.2, 0.25) is 0 Å². The fraction of sp³-hybridized carbons (Fsp3) is 0.400. The smallest absolute Gasteiger partial charge is 0.251 e. The Balaban J connectivity index is 2.14. The molecule has 0 fully saturated rings. The molecule has 112 valence electrons. The van der Waals surface area contributed by atoms with Gasteiger partial charge in [-0.05, 0) is 25.0 Å². The second kappa shape index (κ2) is 6.39. The molecule has 0 bridgehead atoms. The number of hydrogen-bond acceptors (Lipinski definition) is 4. The molecule has 0 aromatic carbocycles. The van der Waals surface area contributed by atoms with E-state index in [9.17, 15) is 4.79 Å².